The van der Waals surface area contributed by atoms with E-state index in [1.807, 2.05) is 12.1 Å². The van der Waals surface area contributed by atoms with Gasteiger partial charge >= 0.3 is 11.9 Å². The smallest absolute Gasteiger partial charge is 0.305 e. The predicted octanol–water partition coefficient (Wildman–Crippen LogP) is 2.33. The van der Waals surface area contributed by atoms with Crippen molar-refractivity contribution in [3.8, 4) is 5.75 Å². The summed E-state index contributed by atoms with van der Waals surface area (Å²) in [5.41, 5.74) is 1.71. The van der Waals surface area contributed by atoms with Crippen LogP contribution in [0.1, 0.15) is 43.2 Å². The zero-order chi connectivity index (χ0) is 21.0. The molecule has 9 heteroatoms. The Hall–Kier alpha value is -2.13. The van der Waals surface area contributed by atoms with Gasteiger partial charge in [-0.1, -0.05) is 6.07 Å². The zero-order valence-electron chi connectivity index (χ0n) is 16.3. The van der Waals surface area contributed by atoms with Gasteiger partial charge in [-0.2, -0.15) is 8.42 Å². The molecule has 0 unspecified atom stereocenters. The second kappa shape index (κ2) is 12.4. The number of aryl methyl sites for hydroxylation is 2. The van der Waals surface area contributed by atoms with E-state index in [-0.39, 0.29) is 25.4 Å². The summed E-state index contributed by atoms with van der Waals surface area (Å²) in [6.07, 6.45) is 4.21. The Kier molecular flexibility index (Phi) is 10.5. The van der Waals surface area contributed by atoms with Crippen LogP contribution in [0.5, 0.6) is 5.75 Å². The van der Waals surface area contributed by atoms with Gasteiger partial charge in [-0.3, -0.25) is 13.8 Å². The third-order valence-electron chi connectivity index (χ3n) is 3.85. The molecule has 0 amide bonds. The van der Waals surface area contributed by atoms with Crippen LogP contribution in [0.4, 0.5) is 0 Å². The molecule has 0 aliphatic rings. The number of methoxy groups -OCH3 is 1. The number of rotatable bonds is 14. The van der Waals surface area contributed by atoms with Gasteiger partial charge in [0.15, 0.2) is 0 Å². The Bertz CT molecular complexity index is 742. The maximum Gasteiger partial charge on any atom is 0.305 e. The van der Waals surface area contributed by atoms with Crippen molar-refractivity contribution >= 4 is 22.1 Å². The van der Waals surface area contributed by atoms with Gasteiger partial charge in [0.25, 0.3) is 10.1 Å². The molecule has 0 saturated heterocycles. The van der Waals surface area contributed by atoms with Crippen LogP contribution in [-0.4, -0.2) is 52.0 Å². The molecule has 1 aromatic carbocycles. The second-order valence-electron chi connectivity index (χ2n) is 6.39. The summed E-state index contributed by atoms with van der Waals surface area (Å²) in [7, 11) is -2.07. The van der Waals surface area contributed by atoms with Crippen molar-refractivity contribution in [2.45, 2.75) is 44.9 Å². The van der Waals surface area contributed by atoms with Crippen molar-refractivity contribution in [1.29, 1.82) is 0 Å². The van der Waals surface area contributed by atoms with Gasteiger partial charge in [-0.05, 0) is 55.4 Å². The highest BCUT2D eigenvalue weighted by Gasteiger charge is 2.08. The van der Waals surface area contributed by atoms with Gasteiger partial charge in [0, 0.05) is 12.8 Å². The van der Waals surface area contributed by atoms with Crippen LogP contribution < -0.4 is 4.74 Å². The average Bonchev–Trinajstić information content (AvgIpc) is 2.62. The standard InChI is InChI=1S/C19H28O8S/c1-25-19(22)9-7-16-12-15(6-8-18(20)21)13-17(14-16)26-10-4-3-5-11-27-28(2,23)24/h12-14H,3-11H2,1-2H3,(H,20,21). The number of hydrogen-bond acceptors (Lipinski definition) is 7. The van der Waals surface area contributed by atoms with Crippen LogP contribution in [0.15, 0.2) is 18.2 Å². The third kappa shape index (κ3) is 11.6. The van der Waals surface area contributed by atoms with E-state index in [4.69, 9.17) is 9.84 Å². The van der Waals surface area contributed by atoms with Crippen molar-refractivity contribution < 1.29 is 36.8 Å². The number of ether oxygens (including phenoxy) is 2. The summed E-state index contributed by atoms with van der Waals surface area (Å²) in [4.78, 5) is 22.2. The van der Waals surface area contributed by atoms with E-state index in [0.717, 1.165) is 30.2 Å². The molecule has 0 bridgehead atoms. The SMILES string of the molecule is COC(=O)CCc1cc(CCC(=O)O)cc(OCCCCCOS(C)(=O)=O)c1. The summed E-state index contributed by atoms with van der Waals surface area (Å²) >= 11 is 0. The fourth-order valence-electron chi connectivity index (χ4n) is 2.48. The van der Waals surface area contributed by atoms with Gasteiger partial charge < -0.3 is 14.6 Å². The van der Waals surface area contributed by atoms with Crippen LogP contribution >= 0.6 is 0 Å². The van der Waals surface area contributed by atoms with Gasteiger partial charge in [0.1, 0.15) is 5.75 Å². The summed E-state index contributed by atoms with van der Waals surface area (Å²) in [6.45, 7) is 0.596. The molecule has 0 radical (unpaired) electrons. The number of benzene rings is 1. The highest BCUT2D eigenvalue weighted by molar-refractivity contribution is 7.85. The molecule has 0 aliphatic carbocycles. The molecule has 0 heterocycles. The Labute approximate surface area is 165 Å². The number of unbranched alkanes of at least 4 members (excludes halogenated alkanes) is 2. The molecule has 1 rings (SSSR count). The van der Waals surface area contributed by atoms with E-state index in [2.05, 4.69) is 8.92 Å². The molecule has 158 valence electrons. The van der Waals surface area contributed by atoms with E-state index in [0.29, 0.717) is 31.6 Å². The minimum absolute atomic E-state index is 0.0141. The van der Waals surface area contributed by atoms with E-state index >= 15 is 0 Å². The lowest BCUT2D eigenvalue weighted by atomic mass is 10.0. The maximum atomic E-state index is 11.4. The van der Waals surface area contributed by atoms with Crippen LogP contribution in [0, 0.1) is 0 Å². The summed E-state index contributed by atoms with van der Waals surface area (Å²) in [5.74, 6) is -0.566. The van der Waals surface area contributed by atoms with Crippen LogP contribution in [0.25, 0.3) is 0 Å². The number of aliphatic carboxylic acids is 1. The van der Waals surface area contributed by atoms with Crippen LogP contribution in [0.3, 0.4) is 0 Å². The van der Waals surface area contributed by atoms with Gasteiger partial charge in [0.05, 0.1) is 26.6 Å². The third-order valence-corrected chi connectivity index (χ3v) is 4.45. The first-order valence-corrected chi connectivity index (χ1v) is 10.9. The largest absolute Gasteiger partial charge is 0.494 e. The van der Waals surface area contributed by atoms with E-state index in [1.165, 1.54) is 7.11 Å². The number of carbonyl (C=O) groups excluding carboxylic acids is 1. The van der Waals surface area contributed by atoms with Crippen molar-refractivity contribution in [2.75, 3.05) is 26.6 Å². The molecule has 1 N–H and O–H groups in total. The molecular weight excluding hydrogens is 388 g/mol. The van der Waals surface area contributed by atoms with Crippen LogP contribution in [0.2, 0.25) is 0 Å². The number of carbonyl (C=O) groups is 2. The van der Waals surface area contributed by atoms with E-state index in [9.17, 15) is 18.0 Å². The second-order valence-corrected chi connectivity index (χ2v) is 8.03. The lowest BCUT2D eigenvalue weighted by molar-refractivity contribution is -0.140. The topological polar surface area (TPSA) is 116 Å². The molecule has 28 heavy (non-hydrogen) atoms. The molecular formula is C19H28O8S. The first-order valence-electron chi connectivity index (χ1n) is 9.08. The van der Waals surface area contributed by atoms with Crippen molar-refractivity contribution in [1.82, 2.24) is 0 Å². The molecule has 0 atom stereocenters. The van der Waals surface area contributed by atoms with Gasteiger partial charge in [0.2, 0.25) is 0 Å². The highest BCUT2D eigenvalue weighted by atomic mass is 32.2. The summed E-state index contributed by atoms with van der Waals surface area (Å²) < 4.78 is 36.8. The molecule has 0 fully saturated rings. The number of carboxylic acid groups (broad SMARTS) is 1. The van der Waals surface area contributed by atoms with Crippen molar-refractivity contribution in [2.24, 2.45) is 0 Å². The maximum absolute atomic E-state index is 11.4. The minimum atomic E-state index is -3.40. The summed E-state index contributed by atoms with van der Waals surface area (Å²) in [5, 5.41) is 8.88. The molecule has 8 nitrogen and oxygen atoms in total. The first kappa shape index (κ1) is 23.9. The van der Waals surface area contributed by atoms with E-state index in [1.54, 1.807) is 6.07 Å². The number of esters is 1. The molecule has 0 aromatic heterocycles. The Balaban J connectivity index is 2.55. The normalized spacial score (nSPS) is 11.2. The van der Waals surface area contributed by atoms with Gasteiger partial charge in [-0.15, -0.1) is 0 Å². The molecule has 0 spiro atoms. The fourth-order valence-corrected chi connectivity index (χ4v) is 2.90. The number of hydrogen-bond donors (Lipinski definition) is 1. The lowest BCUT2D eigenvalue weighted by Crippen LogP contribution is -2.05. The first-order chi connectivity index (χ1) is 13.2. The van der Waals surface area contributed by atoms with Crippen molar-refractivity contribution in [3.63, 3.8) is 0 Å². The summed E-state index contributed by atoms with van der Waals surface area (Å²) in [6, 6.07) is 5.51. The quantitative estimate of drug-likeness (QED) is 0.279. The monoisotopic (exact) mass is 416 g/mol. The molecule has 1 aromatic rings. The van der Waals surface area contributed by atoms with Crippen LogP contribution in [-0.2, 0) is 41.5 Å². The Morgan fingerprint density at radius 1 is 0.964 bits per heavy atom. The molecule has 0 saturated carbocycles. The fraction of sp³-hybridized carbons (Fsp3) is 0.579. The Morgan fingerprint density at radius 3 is 2.14 bits per heavy atom. The minimum Gasteiger partial charge on any atom is -0.494 e. The number of carboxylic acids is 1. The van der Waals surface area contributed by atoms with Gasteiger partial charge in [-0.25, -0.2) is 0 Å². The van der Waals surface area contributed by atoms with E-state index < -0.39 is 16.1 Å². The highest BCUT2D eigenvalue weighted by Crippen LogP contribution is 2.20. The Morgan fingerprint density at radius 2 is 1.57 bits per heavy atom. The average molecular weight is 416 g/mol. The van der Waals surface area contributed by atoms with Crippen molar-refractivity contribution in [3.05, 3.63) is 29.3 Å². The lowest BCUT2D eigenvalue weighted by Gasteiger charge is -2.11. The zero-order valence-corrected chi connectivity index (χ0v) is 17.1. The predicted molar refractivity (Wildman–Crippen MR) is 103 cm³/mol. The molecule has 0 aliphatic heterocycles.